The molecule has 6 saturated carbocycles. The number of allylic oxidation sites excluding steroid dienone is 8. The quantitative estimate of drug-likeness (QED) is 0.0524. The van der Waals surface area contributed by atoms with Crippen molar-refractivity contribution in [3.63, 3.8) is 0 Å². The second-order valence-corrected chi connectivity index (χ2v) is 53.7. The maximum atomic E-state index is 14.6. The van der Waals surface area contributed by atoms with E-state index in [2.05, 4.69) is 105 Å². The third-order valence-electron chi connectivity index (χ3n) is 25.2. The first kappa shape index (κ1) is 91.2. The molecule has 0 spiro atoms. The Morgan fingerprint density at radius 1 is 0.555 bits per heavy atom. The predicted molar refractivity (Wildman–Crippen MR) is 419 cm³/mol. The molecule has 110 heavy (non-hydrogen) atoms. The van der Waals surface area contributed by atoms with Gasteiger partial charge >= 0.3 is 35.9 Å². The highest BCUT2D eigenvalue weighted by Crippen LogP contribution is 2.69. The molecule has 7 fully saturated rings. The molecule has 4 unspecified atom stereocenters. The number of halogens is 12. The Morgan fingerprint density at radius 2 is 0.982 bits per heavy atom. The Labute approximate surface area is 648 Å². The molecule has 2 aromatic rings. The van der Waals surface area contributed by atoms with Gasteiger partial charge in [0.1, 0.15) is 12.9 Å². The van der Waals surface area contributed by atoms with E-state index in [-0.39, 0.29) is 63.6 Å². The Bertz CT molecular complexity index is 3730. The van der Waals surface area contributed by atoms with Crippen LogP contribution in [0, 0.1) is 57.2 Å². The lowest BCUT2D eigenvalue weighted by molar-refractivity contribution is -0.343. The second kappa shape index (κ2) is 34.1. The number of aliphatic hydroxyl groups excluding tert-OH is 2. The van der Waals surface area contributed by atoms with Crippen LogP contribution in [0.25, 0.3) is 0 Å². The molecule has 0 bridgehead atoms. The summed E-state index contributed by atoms with van der Waals surface area (Å²) in [4.78, 5) is 12.3. The number of fused-ring (bicyclic) bond motifs is 2. The van der Waals surface area contributed by atoms with Crippen LogP contribution in [0.3, 0.4) is 0 Å². The van der Waals surface area contributed by atoms with E-state index in [1.165, 1.54) is 49.5 Å². The van der Waals surface area contributed by atoms with Crippen molar-refractivity contribution in [3.05, 3.63) is 119 Å². The zero-order valence-electron chi connectivity index (χ0n) is 67.1. The summed E-state index contributed by atoms with van der Waals surface area (Å²) in [6.45, 7) is 33.1. The number of Topliss-reactive ketones (excluding diaryl/α,β-unsaturated/α-hetero) is 1. The standard InChI is InChI=1S/C32H51O3PSi2.C27H32F6O3.C22H28F6O2Si.C4H8O/c1-31(2,3)37(7,8)34-27-23-26(24-28(25-27)35-38(9,10)32(4,5)6)21-22-36(33,29-17-13-11-14-18-29)30-19-15-12-16-20-30;1-23-9-2-4-18(6-5-17-14-19(34)16-20(35)15-17)21(23)7-8-22(23)24(12-13-24)10-3-11-25(36,26(28,29)30)27(31,32)33;1-18-10-5-7-16(29)15(18)8-9-17(18)19(13-14-19)11-6-12-20(21(23,24)25,22(26,27)28)30-31(2,3)4;1-2-4-5-3-1/h11-21,27-28H,22-25H2,1-10H3;5-6,8,19-21,34-36H,2,4,7,9-10,12-16H2,1H3;9,15H,5,7-8,10-11,13-14H2,1-4H3;1-4H2/b;17-5?,18-6+;;/t27-,28?;19-,20?,21?,23+;15?,18-;/m110./s1. The second-order valence-electron chi connectivity index (χ2n) is 36.9. The molecule has 1 saturated heterocycles. The Morgan fingerprint density at radius 3 is 1.38 bits per heavy atom. The first-order chi connectivity index (χ1) is 50.5. The summed E-state index contributed by atoms with van der Waals surface area (Å²) in [6, 6.07) is 20.0. The summed E-state index contributed by atoms with van der Waals surface area (Å²) < 4.78 is 198. The number of aliphatic hydroxyl groups is 3. The van der Waals surface area contributed by atoms with Crippen molar-refractivity contribution in [2.45, 2.75) is 313 Å². The van der Waals surface area contributed by atoms with Gasteiger partial charge in [0.15, 0.2) is 25.0 Å². The normalized spacial score (nSPS) is 27.8. The van der Waals surface area contributed by atoms with E-state index in [1.807, 2.05) is 79.7 Å². The molecular formula is C85H119F12O9PSi3. The van der Waals surface area contributed by atoms with Crippen molar-refractivity contribution < 1.29 is 95.4 Å². The Balaban J connectivity index is 0.000000201. The van der Waals surface area contributed by atoms with Gasteiger partial charge in [0.2, 0.25) is 0 Å². The van der Waals surface area contributed by atoms with Crippen molar-refractivity contribution in [1.29, 1.82) is 0 Å². The summed E-state index contributed by atoms with van der Waals surface area (Å²) in [5.74, 6) is 7.18. The minimum absolute atomic E-state index is 0.0989. The van der Waals surface area contributed by atoms with E-state index >= 15 is 0 Å². The number of hydrogen-bond donors (Lipinski definition) is 3. The molecule has 8 atom stereocenters. The zero-order valence-corrected chi connectivity index (χ0v) is 71.0. The number of rotatable bonds is 15. The molecule has 614 valence electrons. The minimum Gasteiger partial charge on any atom is -0.414 e. The first-order valence-corrected chi connectivity index (χ1v) is 50.4. The number of benzene rings is 2. The van der Waals surface area contributed by atoms with E-state index in [1.54, 1.807) is 0 Å². The van der Waals surface area contributed by atoms with Gasteiger partial charge < -0.3 is 37.9 Å². The molecule has 9 aliphatic rings. The summed E-state index contributed by atoms with van der Waals surface area (Å²) in [5, 5.41) is 31.4. The zero-order chi connectivity index (χ0) is 82.0. The summed E-state index contributed by atoms with van der Waals surface area (Å²) in [7, 11) is -9.93. The Hall–Kier alpha value is -4.31. The lowest BCUT2D eigenvalue weighted by atomic mass is 9.61. The maximum Gasteiger partial charge on any atom is 0.438 e. The lowest BCUT2D eigenvalue weighted by Crippen LogP contribution is -2.61. The summed E-state index contributed by atoms with van der Waals surface area (Å²) >= 11 is 0. The van der Waals surface area contributed by atoms with Crippen LogP contribution in [0.15, 0.2) is 119 Å². The maximum absolute atomic E-state index is 14.6. The van der Waals surface area contributed by atoms with Gasteiger partial charge in [0.25, 0.3) is 0 Å². The van der Waals surface area contributed by atoms with Crippen molar-refractivity contribution in [2.75, 3.05) is 19.4 Å². The van der Waals surface area contributed by atoms with Crippen molar-refractivity contribution in [2.24, 2.45) is 33.5 Å². The van der Waals surface area contributed by atoms with Gasteiger partial charge in [-0.05, 0) is 206 Å². The van der Waals surface area contributed by atoms with E-state index in [0.29, 0.717) is 63.9 Å². The van der Waals surface area contributed by atoms with Crippen molar-refractivity contribution >= 4 is 48.5 Å². The fraction of sp³-hybridized carbons (Fsp3) is 0.682. The number of carbonyl (C=O) groups is 1. The molecule has 0 aromatic heterocycles. The third kappa shape index (κ3) is 21.1. The summed E-state index contributed by atoms with van der Waals surface area (Å²) in [5.41, 5.74) is -5.60. The van der Waals surface area contributed by atoms with Gasteiger partial charge in [0, 0.05) is 66.0 Å². The monoisotopic (exact) mass is 1630 g/mol. The van der Waals surface area contributed by atoms with E-state index in [9.17, 15) is 77.4 Å². The van der Waals surface area contributed by atoms with Crippen molar-refractivity contribution in [3.8, 4) is 23.7 Å². The molecule has 1 aliphatic heterocycles. The summed E-state index contributed by atoms with van der Waals surface area (Å²) in [6.07, 6.45) is 1.93. The van der Waals surface area contributed by atoms with E-state index in [4.69, 9.17) is 18.0 Å². The molecule has 9 nitrogen and oxygen atoms in total. The van der Waals surface area contributed by atoms with E-state index < -0.39 is 91.0 Å². The highest BCUT2D eigenvalue weighted by atomic mass is 31.2. The minimum atomic E-state index is -5.94. The fourth-order valence-electron chi connectivity index (χ4n) is 16.9. The Kier molecular flexibility index (Phi) is 28.3. The van der Waals surface area contributed by atoms with E-state index in [0.717, 1.165) is 104 Å². The van der Waals surface area contributed by atoms with Gasteiger partial charge in [-0.2, -0.15) is 52.7 Å². The highest BCUT2D eigenvalue weighted by Gasteiger charge is 2.74. The van der Waals surface area contributed by atoms with Gasteiger partial charge in [-0.25, -0.2) is 0 Å². The van der Waals surface area contributed by atoms with Gasteiger partial charge in [-0.1, -0.05) is 186 Å². The molecule has 8 aliphatic carbocycles. The van der Waals surface area contributed by atoms with Crippen LogP contribution < -0.4 is 10.6 Å². The highest BCUT2D eigenvalue weighted by molar-refractivity contribution is 7.78. The topological polar surface area (TPSA) is 132 Å². The average Bonchev–Trinajstić information content (AvgIpc) is 1.62. The molecule has 11 rings (SSSR count). The molecule has 0 radical (unpaired) electrons. The number of hydrogen-bond acceptors (Lipinski definition) is 9. The molecule has 0 amide bonds. The molecule has 1 heterocycles. The largest absolute Gasteiger partial charge is 0.438 e. The third-order valence-corrected chi connectivity index (χ3v) is 38.2. The lowest BCUT2D eigenvalue weighted by Gasteiger charge is -2.45. The van der Waals surface area contributed by atoms with Gasteiger partial charge in [-0.3, -0.25) is 4.79 Å². The van der Waals surface area contributed by atoms with Crippen LogP contribution >= 0.6 is 7.14 Å². The van der Waals surface area contributed by atoms with Gasteiger partial charge in [-0.15, -0.1) is 0 Å². The average molecular weight is 1630 g/mol. The van der Waals surface area contributed by atoms with Crippen molar-refractivity contribution in [1.82, 2.24) is 0 Å². The van der Waals surface area contributed by atoms with Crippen LogP contribution in [0.4, 0.5) is 52.7 Å². The molecule has 3 N–H and O–H groups in total. The first-order valence-electron chi connectivity index (χ1n) is 39.2. The number of ether oxygens (including phenoxy) is 1. The van der Waals surface area contributed by atoms with Crippen LogP contribution in [-0.2, 0) is 27.4 Å². The molecule has 25 heteroatoms. The van der Waals surface area contributed by atoms with Crippen LogP contribution in [0.2, 0.25) is 55.9 Å². The number of ketones is 1. The smallest absolute Gasteiger partial charge is 0.414 e. The predicted octanol–water partition coefficient (Wildman–Crippen LogP) is 22.2. The number of carbonyl (C=O) groups excluding carboxylic acids is 1. The van der Waals surface area contributed by atoms with Crippen LogP contribution in [0.1, 0.15) is 197 Å². The number of alkyl halides is 12. The SMILES string of the molecule is C1CCOC1.CC(C)(C)[Si](C)(C)OC1CC(=CCP(=O)(c2ccccc2)c2ccccc2)C[C@@H](O[Si](C)(C)C(C)(C)C)C1.C[C@]12CCC/C(=C\C=C3CC(O)C[C@H](O)C3)C1CC=C2C1(CC#CC(O)(C(F)(F)F)C(F)(F)F)CC1.C[C@]12CCCC(=O)C1CC=C2C1(CC#CC(O[Si](C)(C)C)(C(F)(F)F)C(F)(F)F)CC1. The van der Waals surface area contributed by atoms with Crippen LogP contribution in [0.5, 0.6) is 0 Å². The molecule has 2 aromatic carbocycles. The molecular weight excluding hydrogens is 1510 g/mol. The van der Waals surface area contributed by atoms with Gasteiger partial charge in [0.05, 0.1) is 24.4 Å². The van der Waals surface area contributed by atoms with Crippen LogP contribution in [-0.4, -0.2) is 126 Å². The fourth-order valence-corrected chi connectivity index (χ4v) is 23.4.